The van der Waals surface area contributed by atoms with Gasteiger partial charge >= 0.3 is 5.97 Å². The molecule has 34 heavy (non-hydrogen) atoms. The van der Waals surface area contributed by atoms with Gasteiger partial charge in [0.15, 0.2) is 6.61 Å². The largest absolute Gasteiger partial charge is 0.457 e. The second-order valence-electron chi connectivity index (χ2n) is 8.29. The molecule has 0 aliphatic carbocycles. The average Bonchev–Trinajstić information content (AvgIpc) is 3.21. The molecule has 0 saturated carbocycles. The highest BCUT2D eigenvalue weighted by atomic mass is 16.5. The van der Waals surface area contributed by atoms with E-state index in [1.165, 1.54) is 0 Å². The van der Waals surface area contributed by atoms with Gasteiger partial charge in [0.25, 0.3) is 5.91 Å². The Hall–Kier alpha value is -4.13. The zero-order chi connectivity index (χ0) is 24.1. The number of aryl methyl sites for hydroxylation is 2. The third kappa shape index (κ3) is 5.61. The van der Waals surface area contributed by atoms with E-state index < -0.39 is 24.4 Å². The van der Waals surface area contributed by atoms with Gasteiger partial charge in [0.1, 0.15) is 11.5 Å². The summed E-state index contributed by atoms with van der Waals surface area (Å²) in [5, 5.41) is 2.69. The van der Waals surface area contributed by atoms with Crippen molar-refractivity contribution in [2.75, 3.05) is 23.4 Å². The maximum absolute atomic E-state index is 12.5. The molecule has 3 aromatic carbocycles. The SMILES string of the molecule is Cc1ccc(N2C[C@H](C(=O)OCC(=O)Nc3ccc(Oc4ccccc4)cc3)CC2=O)c(C)c1. The number of ether oxygens (including phenoxy) is 2. The van der Waals surface area contributed by atoms with Crippen LogP contribution in [0.25, 0.3) is 0 Å². The molecule has 174 valence electrons. The number of rotatable bonds is 7. The minimum Gasteiger partial charge on any atom is -0.457 e. The van der Waals surface area contributed by atoms with E-state index in [1.54, 1.807) is 29.2 Å². The number of nitrogens with zero attached hydrogens (tertiary/aromatic N) is 1. The summed E-state index contributed by atoms with van der Waals surface area (Å²) in [4.78, 5) is 38.8. The van der Waals surface area contributed by atoms with Crippen LogP contribution in [0.1, 0.15) is 17.5 Å². The van der Waals surface area contributed by atoms with Crippen molar-refractivity contribution in [2.45, 2.75) is 20.3 Å². The van der Waals surface area contributed by atoms with Gasteiger partial charge in [0, 0.05) is 24.3 Å². The molecule has 1 atom stereocenters. The van der Waals surface area contributed by atoms with Crippen LogP contribution in [-0.2, 0) is 19.1 Å². The van der Waals surface area contributed by atoms with Crippen LogP contribution in [0.5, 0.6) is 11.5 Å². The van der Waals surface area contributed by atoms with E-state index in [9.17, 15) is 14.4 Å². The minimum absolute atomic E-state index is 0.0661. The van der Waals surface area contributed by atoms with Gasteiger partial charge in [-0.1, -0.05) is 35.9 Å². The number of anilines is 2. The summed E-state index contributed by atoms with van der Waals surface area (Å²) >= 11 is 0. The second-order valence-corrected chi connectivity index (χ2v) is 8.29. The fourth-order valence-electron chi connectivity index (χ4n) is 3.89. The summed E-state index contributed by atoms with van der Waals surface area (Å²) in [6, 6.07) is 22.1. The van der Waals surface area contributed by atoms with Crippen LogP contribution < -0.4 is 15.0 Å². The molecule has 1 heterocycles. The lowest BCUT2D eigenvalue weighted by Crippen LogP contribution is -2.28. The van der Waals surface area contributed by atoms with Gasteiger partial charge in [-0.15, -0.1) is 0 Å². The highest BCUT2D eigenvalue weighted by Crippen LogP contribution is 2.29. The predicted molar refractivity (Wildman–Crippen MR) is 129 cm³/mol. The first-order valence-corrected chi connectivity index (χ1v) is 11.1. The van der Waals surface area contributed by atoms with Crippen LogP contribution in [0.3, 0.4) is 0 Å². The Labute approximate surface area is 198 Å². The van der Waals surface area contributed by atoms with Crippen molar-refractivity contribution in [2.24, 2.45) is 5.92 Å². The maximum atomic E-state index is 12.5. The predicted octanol–water partition coefficient (Wildman–Crippen LogP) is 4.63. The Morgan fingerprint density at radius 1 is 0.971 bits per heavy atom. The van der Waals surface area contributed by atoms with Crippen molar-refractivity contribution in [3.05, 3.63) is 83.9 Å². The molecule has 0 aromatic heterocycles. The van der Waals surface area contributed by atoms with Gasteiger partial charge < -0.3 is 19.7 Å². The smallest absolute Gasteiger partial charge is 0.311 e. The van der Waals surface area contributed by atoms with Crippen molar-refractivity contribution >= 4 is 29.2 Å². The van der Waals surface area contributed by atoms with Crippen LogP contribution in [0.2, 0.25) is 0 Å². The van der Waals surface area contributed by atoms with E-state index in [-0.39, 0.29) is 18.9 Å². The lowest BCUT2D eigenvalue weighted by atomic mass is 10.1. The van der Waals surface area contributed by atoms with Crippen LogP contribution in [-0.4, -0.2) is 30.9 Å². The van der Waals surface area contributed by atoms with Gasteiger partial charge in [0.2, 0.25) is 5.91 Å². The molecule has 1 fully saturated rings. The lowest BCUT2D eigenvalue weighted by molar-refractivity contribution is -0.151. The van der Waals surface area contributed by atoms with Gasteiger partial charge in [-0.05, 0) is 61.9 Å². The molecule has 1 saturated heterocycles. The molecule has 1 aliphatic rings. The molecule has 2 amide bonds. The van der Waals surface area contributed by atoms with E-state index in [0.717, 1.165) is 16.8 Å². The van der Waals surface area contributed by atoms with Crippen molar-refractivity contribution < 1.29 is 23.9 Å². The molecule has 1 N–H and O–H groups in total. The first-order chi connectivity index (χ1) is 16.4. The van der Waals surface area contributed by atoms with Crippen LogP contribution in [0, 0.1) is 19.8 Å². The summed E-state index contributed by atoms with van der Waals surface area (Å²) in [6.07, 6.45) is 0.0661. The van der Waals surface area contributed by atoms with Crippen LogP contribution >= 0.6 is 0 Å². The van der Waals surface area contributed by atoms with Crippen LogP contribution in [0.15, 0.2) is 72.8 Å². The number of esters is 1. The van der Waals surface area contributed by atoms with Gasteiger partial charge in [-0.3, -0.25) is 14.4 Å². The van der Waals surface area contributed by atoms with Crippen molar-refractivity contribution in [3.8, 4) is 11.5 Å². The number of hydrogen-bond donors (Lipinski definition) is 1. The van der Waals surface area contributed by atoms with Crippen LogP contribution in [0.4, 0.5) is 11.4 Å². The fourth-order valence-corrected chi connectivity index (χ4v) is 3.89. The second kappa shape index (κ2) is 10.2. The van der Waals surface area contributed by atoms with Crippen molar-refractivity contribution in [3.63, 3.8) is 0 Å². The summed E-state index contributed by atoms with van der Waals surface area (Å²) < 4.78 is 10.9. The molecule has 0 spiro atoms. The first kappa shape index (κ1) is 23.0. The quantitative estimate of drug-likeness (QED) is 0.522. The molecule has 1 aliphatic heterocycles. The highest BCUT2D eigenvalue weighted by Gasteiger charge is 2.36. The Morgan fingerprint density at radius 3 is 2.38 bits per heavy atom. The van der Waals surface area contributed by atoms with Gasteiger partial charge in [-0.25, -0.2) is 0 Å². The summed E-state index contributed by atoms with van der Waals surface area (Å²) in [5.41, 5.74) is 3.43. The number of benzene rings is 3. The Kier molecular flexibility index (Phi) is 6.92. The van der Waals surface area contributed by atoms with E-state index in [2.05, 4.69) is 5.32 Å². The normalized spacial score (nSPS) is 15.2. The topological polar surface area (TPSA) is 84.9 Å². The Bertz CT molecular complexity index is 1190. The molecular formula is C27H26N2O5. The Morgan fingerprint density at radius 2 is 1.68 bits per heavy atom. The van der Waals surface area contributed by atoms with E-state index in [4.69, 9.17) is 9.47 Å². The third-order valence-corrected chi connectivity index (χ3v) is 5.56. The number of carbonyl (C=O) groups excluding carboxylic acids is 3. The maximum Gasteiger partial charge on any atom is 0.311 e. The Balaban J connectivity index is 1.26. The summed E-state index contributed by atoms with van der Waals surface area (Å²) in [7, 11) is 0. The zero-order valence-corrected chi connectivity index (χ0v) is 19.1. The minimum atomic E-state index is -0.601. The van der Waals surface area contributed by atoms with E-state index >= 15 is 0 Å². The fraction of sp³-hybridized carbons (Fsp3) is 0.222. The monoisotopic (exact) mass is 458 g/mol. The van der Waals surface area contributed by atoms with Crippen molar-refractivity contribution in [1.82, 2.24) is 0 Å². The van der Waals surface area contributed by atoms with Gasteiger partial charge in [0.05, 0.1) is 5.92 Å². The molecule has 0 unspecified atom stereocenters. The molecule has 4 rings (SSSR count). The first-order valence-electron chi connectivity index (χ1n) is 11.1. The molecule has 0 radical (unpaired) electrons. The number of amides is 2. The van der Waals surface area contributed by atoms with Crippen molar-refractivity contribution in [1.29, 1.82) is 0 Å². The third-order valence-electron chi connectivity index (χ3n) is 5.56. The van der Waals surface area contributed by atoms with E-state index in [0.29, 0.717) is 17.2 Å². The number of hydrogen-bond acceptors (Lipinski definition) is 5. The molecule has 7 heteroatoms. The number of nitrogens with one attached hydrogen (secondary N) is 1. The summed E-state index contributed by atoms with van der Waals surface area (Å²) in [5.74, 6) is -0.391. The molecule has 7 nitrogen and oxygen atoms in total. The number of para-hydroxylation sites is 1. The molecule has 0 bridgehead atoms. The standard InChI is InChI=1S/C27H26N2O5/c1-18-8-13-24(19(2)14-18)29-16-20(15-26(29)31)27(32)33-17-25(30)28-21-9-11-23(12-10-21)34-22-6-4-3-5-7-22/h3-14,20H,15-17H2,1-2H3,(H,28,30)/t20-/m1/s1. The van der Waals surface area contributed by atoms with E-state index in [1.807, 2.05) is 62.4 Å². The lowest BCUT2D eigenvalue weighted by Gasteiger charge is -2.19. The highest BCUT2D eigenvalue weighted by molar-refractivity contribution is 6.00. The molecular weight excluding hydrogens is 432 g/mol. The van der Waals surface area contributed by atoms with Gasteiger partial charge in [-0.2, -0.15) is 0 Å². The molecule has 3 aromatic rings. The number of carbonyl (C=O) groups is 3. The summed E-state index contributed by atoms with van der Waals surface area (Å²) in [6.45, 7) is 3.74. The zero-order valence-electron chi connectivity index (χ0n) is 19.1. The average molecular weight is 459 g/mol.